The maximum Gasteiger partial charge on any atom is 0.243 e. The summed E-state index contributed by atoms with van der Waals surface area (Å²) in [6, 6.07) is 0. The average Bonchev–Trinajstić information content (AvgIpc) is 2.21. The second kappa shape index (κ2) is 5.60. The minimum atomic E-state index is -0.0891. The molecule has 0 radical (unpaired) electrons. The topological polar surface area (TPSA) is 32.3 Å². The summed E-state index contributed by atoms with van der Waals surface area (Å²) in [4.78, 5) is 13.2. The number of rotatable bonds is 4. The van der Waals surface area contributed by atoms with Crippen LogP contribution in [0.2, 0.25) is 0 Å². The largest absolute Gasteiger partial charge is 0.351 e. The molecule has 0 fully saturated rings. The second-order valence-corrected chi connectivity index (χ2v) is 3.60. The van der Waals surface area contributed by atoms with Crippen LogP contribution in [0, 0.1) is 0 Å². The summed E-state index contributed by atoms with van der Waals surface area (Å²) in [7, 11) is 0. The predicted molar refractivity (Wildman–Crippen MR) is 58.0 cm³/mol. The Balaban J connectivity index is 2.14. The summed E-state index contributed by atoms with van der Waals surface area (Å²) in [5.74, 6) is -0.0891. The van der Waals surface area contributed by atoms with E-state index in [1.807, 2.05) is 0 Å². The highest BCUT2D eigenvalue weighted by Gasteiger charge is 2.08. The molecule has 1 N–H and O–H groups in total. The third kappa shape index (κ3) is 3.75. The molecule has 1 heterocycles. The van der Waals surface area contributed by atoms with Crippen molar-refractivity contribution in [1.82, 2.24) is 10.2 Å². The monoisotopic (exact) mass is 194 g/mol. The van der Waals surface area contributed by atoms with E-state index >= 15 is 0 Å². The van der Waals surface area contributed by atoms with E-state index in [4.69, 9.17) is 0 Å². The lowest BCUT2D eigenvalue weighted by atomic mass is 10.1. The fraction of sp³-hybridized carbons (Fsp3) is 0.545. The van der Waals surface area contributed by atoms with Gasteiger partial charge in [-0.3, -0.25) is 9.69 Å². The lowest BCUT2D eigenvalue weighted by Crippen LogP contribution is -2.36. The summed E-state index contributed by atoms with van der Waals surface area (Å²) in [6.45, 7) is 9.30. The van der Waals surface area contributed by atoms with Crippen LogP contribution in [0.4, 0.5) is 0 Å². The van der Waals surface area contributed by atoms with E-state index in [9.17, 15) is 4.79 Å². The molecule has 0 atom stereocenters. The summed E-state index contributed by atoms with van der Waals surface area (Å²) < 4.78 is 0. The molecule has 0 unspecified atom stereocenters. The fourth-order valence-corrected chi connectivity index (χ4v) is 1.43. The van der Waals surface area contributed by atoms with Crippen LogP contribution >= 0.6 is 0 Å². The van der Waals surface area contributed by atoms with Crippen LogP contribution in [0.3, 0.4) is 0 Å². The van der Waals surface area contributed by atoms with E-state index in [0.29, 0.717) is 6.54 Å². The average molecular weight is 194 g/mol. The first-order chi connectivity index (χ1) is 6.72. The van der Waals surface area contributed by atoms with Gasteiger partial charge in [0.25, 0.3) is 0 Å². The van der Waals surface area contributed by atoms with Crippen LogP contribution in [0.25, 0.3) is 0 Å². The molecular weight excluding hydrogens is 176 g/mol. The Bertz CT molecular complexity index is 246. The van der Waals surface area contributed by atoms with Gasteiger partial charge in [0.2, 0.25) is 5.91 Å². The zero-order valence-electron chi connectivity index (χ0n) is 8.75. The Labute approximate surface area is 85.5 Å². The SMILES string of the molecule is C=CC(=O)NCCN1CC=C(C)CC1. The molecule has 0 saturated heterocycles. The summed E-state index contributed by atoms with van der Waals surface area (Å²) in [5.41, 5.74) is 1.47. The first kappa shape index (κ1) is 11.0. The number of nitrogens with zero attached hydrogens (tertiary/aromatic N) is 1. The zero-order chi connectivity index (χ0) is 10.4. The normalized spacial score (nSPS) is 17.4. The van der Waals surface area contributed by atoms with E-state index in [1.165, 1.54) is 11.6 Å². The van der Waals surface area contributed by atoms with E-state index in [-0.39, 0.29) is 5.91 Å². The molecule has 1 aliphatic heterocycles. The van der Waals surface area contributed by atoms with Crippen molar-refractivity contribution in [3.63, 3.8) is 0 Å². The number of hydrogen-bond acceptors (Lipinski definition) is 2. The third-order valence-corrected chi connectivity index (χ3v) is 2.43. The van der Waals surface area contributed by atoms with Gasteiger partial charge in [0, 0.05) is 26.2 Å². The highest BCUT2D eigenvalue weighted by Crippen LogP contribution is 2.08. The highest BCUT2D eigenvalue weighted by molar-refractivity contribution is 5.86. The lowest BCUT2D eigenvalue weighted by Gasteiger charge is -2.24. The third-order valence-electron chi connectivity index (χ3n) is 2.43. The minimum Gasteiger partial charge on any atom is -0.351 e. The molecule has 14 heavy (non-hydrogen) atoms. The molecule has 1 amide bonds. The second-order valence-electron chi connectivity index (χ2n) is 3.60. The number of nitrogens with one attached hydrogen (secondary N) is 1. The van der Waals surface area contributed by atoms with E-state index < -0.39 is 0 Å². The van der Waals surface area contributed by atoms with Crippen LogP contribution in [-0.2, 0) is 4.79 Å². The van der Waals surface area contributed by atoms with Gasteiger partial charge in [0.1, 0.15) is 0 Å². The Morgan fingerprint density at radius 2 is 2.57 bits per heavy atom. The van der Waals surface area contributed by atoms with Crippen molar-refractivity contribution in [2.75, 3.05) is 26.2 Å². The summed E-state index contributed by atoms with van der Waals surface area (Å²) in [5, 5.41) is 2.77. The van der Waals surface area contributed by atoms with Gasteiger partial charge in [-0.15, -0.1) is 0 Å². The van der Waals surface area contributed by atoms with Gasteiger partial charge in [-0.2, -0.15) is 0 Å². The van der Waals surface area contributed by atoms with Crippen LogP contribution in [0.15, 0.2) is 24.3 Å². The molecule has 3 heteroatoms. The molecule has 1 aliphatic rings. The lowest BCUT2D eigenvalue weighted by molar-refractivity contribution is -0.116. The van der Waals surface area contributed by atoms with Crippen molar-refractivity contribution in [2.24, 2.45) is 0 Å². The van der Waals surface area contributed by atoms with Crippen LogP contribution in [0.1, 0.15) is 13.3 Å². The molecule has 0 aromatic rings. The van der Waals surface area contributed by atoms with Crippen molar-refractivity contribution >= 4 is 5.91 Å². The standard InChI is InChI=1S/C11H18N2O/c1-3-11(14)12-6-9-13-7-4-10(2)5-8-13/h3-4H,1,5-9H2,2H3,(H,12,14). The first-order valence-corrected chi connectivity index (χ1v) is 5.00. The zero-order valence-corrected chi connectivity index (χ0v) is 8.75. The number of amides is 1. The van der Waals surface area contributed by atoms with Crippen molar-refractivity contribution in [3.8, 4) is 0 Å². The van der Waals surface area contributed by atoms with Crippen LogP contribution in [0.5, 0.6) is 0 Å². The van der Waals surface area contributed by atoms with Gasteiger partial charge >= 0.3 is 0 Å². The minimum absolute atomic E-state index is 0.0891. The van der Waals surface area contributed by atoms with Crippen molar-refractivity contribution in [3.05, 3.63) is 24.3 Å². The Morgan fingerprint density at radius 1 is 1.79 bits per heavy atom. The number of carbonyl (C=O) groups is 1. The number of carbonyl (C=O) groups excluding carboxylic acids is 1. The first-order valence-electron chi connectivity index (χ1n) is 5.00. The van der Waals surface area contributed by atoms with Gasteiger partial charge < -0.3 is 5.32 Å². The predicted octanol–water partition coefficient (Wildman–Crippen LogP) is 0.941. The maximum absolute atomic E-state index is 10.8. The highest BCUT2D eigenvalue weighted by atomic mass is 16.1. The molecule has 0 saturated carbocycles. The van der Waals surface area contributed by atoms with Crippen LogP contribution in [-0.4, -0.2) is 37.0 Å². The van der Waals surface area contributed by atoms with E-state index in [1.54, 1.807) is 0 Å². The number of hydrogen-bond donors (Lipinski definition) is 1. The van der Waals surface area contributed by atoms with Crippen molar-refractivity contribution in [1.29, 1.82) is 0 Å². The fourth-order valence-electron chi connectivity index (χ4n) is 1.43. The molecule has 0 aliphatic carbocycles. The van der Waals surface area contributed by atoms with Crippen LogP contribution < -0.4 is 5.32 Å². The van der Waals surface area contributed by atoms with Crippen molar-refractivity contribution in [2.45, 2.75) is 13.3 Å². The van der Waals surface area contributed by atoms with Gasteiger partial charge in [0.05, 0.1) is 0 Å². The van der Waals surface area contributed by atoms with E-state index in [2.05, 4.69) is 29.8 Å². The molecule has 78 valence electrons. The Kier molecular flexibility index (Phi) is 4.40. The summed E-state index contributed by atoms with van der Waals surface area (Å²) in [6.07, 6.45) is 4.70. The molecule has 3 nitrogen and oxygen atoms in total. The Hall–Kier alpha value is -1.09. The van der Waals surface area contributed by atoms with Gasteiger partial charge in [-0.05, 0) is 19.4 Å². The quantitative estimate of drug-likeness (QED) is 0.533. The maximum atomic E-state index is 10.8. The molecule has 0 bridgehead atoms. The molecule has 1 rings (SSSR count). The van der Waals surface area contributed by atoms with E-state index in [0.717, 1.165) is 26.1 Å². The molecular formula is C11H18N2O. The van der Waals surface area contributed by atoms with Gasteiger partial charge in [-0.25, -0.2) is 0 Å². The molecule has 0 aromatic carbocycles. The van der Waals surface area contributed by atoms with Crippen molar-refractivity contribution < 1.29 is 4.79 Å². The van der Waals surface area contributed by atoms with Gasteiger partial charge in [-0.1, -0.05) is 18.2 Å². The molecule has 0 spiro atoms. The van der Waals surface area contributed by atoms with Gasteiger partial charge in [0.15, 0.2) is 0 Å². The summed E-state index contributed by atoms with van der Waals surface area (Å²) >= 11 is 0. The molecule has 0 aromatic heterocycles. The smallest absolute Gasteiger partial charge is 0.243 e. The Morgan fingerprint density at radius 3 is 3.14 bits per heavy atom.